The van der Waals surface area contributed by atoms with Gasteiger partial charge in [0.1, 0.15) is 24.5 Å². The van der Waals surface area contributed by atoms with Gasteiger partial charge in [-0.1, -0.05) is 81.7 Å². The first-order chi connectivity index (χ1) is 23.3. The summed E-state index contributed by atoms with van der Waals surface area (Å²) in [6, 6.07) is 11.6. The van der Waals surface area contributed by atoms with Crippen LogP contribution in [-0.2, 0) is 35.4 Å². The van der Waals surface area contributed by atoms with Crippen molar-refractivity contribution in [3.8, 4) is 0 Å². The number of hydrogen-bond acceptors (Lipinski definition) is 8. The van der Waals surface area contributed by atoms with E-state index in [0.717, 1.165) is 18.4 Å². The van der Waals surface area contributed by atoms with Crippen molar-refractivity contribution >= 4 is 35.3 Å². The van der Waals surface area contributed by atoms with E-state index in [9.17, 15) is 28.4 Å². The SMILES string of the molecule is CCC[C@H](NC(=O)[C@@H]1C[C@]2(CC(c3cccc(F)c3)=NO2)CN1C(=O)[C@@H](NC(=O)OCc1ccccc1)C(C)(C)C)C(=O)C(=O)NC1CC1. The van der Waals surface area contributed by atoms with Crippen LogP contribution in [0.5, 0.6) is 0 Å². The first-order valence-corrected chi connectivity index (χ1v) is 16.7. The fourth-order valence-electron chi connectivity index (χ4n) is 6.12. The van der Waals surface area contributed by atoms with Gasteiger partial charge in [0.2, 0.25) is 17.6 Å². The Hall–Kier alpha value is -4.81. The van der Waals surface area contributed by atoms with Gasteiger partial charge in [0, 0.05) is 24.4 Å². The molecule has 12 nitrogen and oxygen atoms in total. The Morgan fingerprint density at radius 2 is 1.80 bits per heavy atom. The summed E-state index contributed by atoms with van der Waals surface area (Å²) in [5.74, 6) is -3.16. The van der Waals surface area contributed by atoms with Crippen LogP contribution >= 0.6 is 0 Å². The van der Waals surface area contributed by atoms with Crippen molar-refractivity contribution in [3.05, 3.63) is 71.5 Å². The fraction of sp³-hybridized carbons (Fsp3) is 0.500. The highest BCUT2D eigenvalue weighted by Crippen LogP contribution is 2.40. The molecule has 4 amide bonds. The smallest absolute Gasteiger partial charge is 0.408 e. The van der Waals surface area contributed by atoms with E-state index in [0.29, 0.717) is 17.7 Å². The molecule has 4 atom stereocenters. The summed E-state index contributed by atoms with van der Waals surface area (Å²) < 4.78 is 19.5. The predicted octanol–water partition coefficient (Wildman–Crippen LogP) is 3.76. The molecule has 0 aromatic heterocycles. The third-order valence-electron chi connectivity index (χ3n) is 8.92. The third kappa shape index (κ3) is 8.81. The minimum atomic E-state index is -1.14. The van der Waals surface area contributed by atoms with Crippen LogP contribution in [0.2, 0.25) is 0 Å². The molecule has 2 aliphatic heterocycles. The van der Waals surface area contributed by atoms with Crippen molar-refractivity contribution in [1.82, 2.24) is 20.9 Å². The Morgan fingerprint density at radius 1 is 1.06 bits per heavy atom. The molecule has 2 heterocycles. The predicted molar refractivity (Wildman–Crippen MR) is 178 cm³/mol. The van der Waals surface area contributed by atoms with Crippen LogP contribution in [0.4, 0.5) is 9.18 Å². The molecule has 49 heavy (non-hydrogen) atoms. The standard InChI is InChI=1S/C36H44FN5O7/c1-5-10-26(29(43)32(45)38-25-15-16-25)39-31(44)28-19-36(18-27(41-49-36)23-13-9-14-24(37)17-23)21-42(28)33(46)30(35(2,3)4)40-34(47)48-20-22-11-7-6-8-12-22/h6-9,11-14,17,25-26,28,30H,5,10,15-16,18-21H2,1-4H3,(H,38,45)(H,39,44)(H,40,47)/t26-,28-,30+,36+/m0/s1. The van der Waals surface area contributed by atoms with Crippen LogP contribution in [0, 0.1) is 11.2 Å². The maximum absolute atomic E-state index is 14.4. The lowest BCUT2D eigenvalue weighted by Crippen LogP contribution is -2.59. The summed E-state index contributed by atoms with van der Waals surface area (Å²) >= 11 is 0. The number of ether oxygens (including phenoxy) is 1. The first kappa shape index (κ1) is 35.5. The zero-order valence-electron chi connectivity index (χ0n) is 28.3. The molecule has 1 saturated heterocycles. The molecule has 262 valence electrons. The molecule has 0 unspecified atom stereocenters. The van der Waals surface area contributed by atoms with Gasteiger partial charge >= 0.3 is 6.09 Å². The lowest BCUT2D eigenvalue weighted by atomic mass is 9.85. The minimum Gasteiger partial charge on any atom is -0.445 e. The minimum absolute atomic E-state index is 0.00348. The van der Waals surface area contributed by atoms with Gasteiger partial charge in [-0.2, -0.15) is 0 Å². The Labute approximate surface area is 285 Å². The van der Waals surface area contributed by atoms with Crippen molar-refractivity contribution in [2.24, 2.45) is 10.6 Å². The largest absolute Gasteiger partial charge is 0.445 e. The highest BCUT2D eigenvalue weighted by Gasteiger charge is 2.55. The van der Waals surface area contributed by atoms with E-state index in [1.807, 2.05) is 25.1 Å². The molecule has 5 rings (SSSR count). The number of alkyl carbamates (subject to hydrolysis) is 1. The number of nitrogens with zero attached hydrogens (tertiary/aromatic N) is 2. The fourth-order valence-corrected chi connectivity index (χ4v) is 6.12. The number of rotatable bonds is 12. The molecular formula is C36H44FN5O7. The van der Waals surface area contributed by atoms with Crippen LogP contribution in [0.25, 0.3) is 0 Å². The van der Waals surface area contributed by atoms with Gasteiger partial charge < -0.3 is 30.4 Å². The highest BCUT2D eigenvalue weighted by atomic mass is 19.1. The molecule has 2 aromatic rings. The summed E-state index contributed by atoms with van der Waals surface area (Å²) in [7, 11) is 0. The second kappa shape index (κ2) is 14.8. The molecule has 0 bridgehead atoms. The molecule has 2 aromatic carbocycles. The molecular weight excluding hydrogens is 633 g/mol. The summed E-state index contributed by atoms with van der Waals surface area (Å²) in [6.07, 6.45) is 1.70. The van der Waals surface area contributed by atoms with Gasteiger partial charge in [-0.15, -0.1) is 0 Å². The van der Waals surface area contributed by atoms with E-state index in [4.69, 9.17) is 9.57 Å². The van der Waals surface area contributed by atoms with Gasteiger partial charge in [-0.3, -0.25) is 19.2 Å². The van der Waals surface area contributed by atoms with Crippen molar-refractivity contribution < 1.29 is 37.9 Å². The van der Waals surface area contributed by atoms with Gasteiger partial charge in [0.25, 0.3) is 5.91 Å². The van der Waals surface area contributed by atoms with Crippen molar-refractivity contribution in [2.45, 2.75) is 103 Å². The maximum atomic E-state index is 14.4. The van der Waals surface area contributed by atoms with Gasteiger partial charge in [-0.05, 0) is 42.4 Å². The second-order valence-electron chi connectivity index (χ2n) is 14.2. The van der Waals surface area contributed by atoms with E-state index in [1.54, 1.807) is 45.0 Å². The summed E-state index contributed by atoms with van der Waals surface area (Å²) in [4.78, 5) is 74.5. The van der Waals surface area contributed by atoms with E-state index in [1.165, 1.54) is 17.0 Å². The Balaban J connectivity index is 1.38. The van der Waals surface area contributed by atoms with Crippen LogP contribution in [0.15, 0.2) is 59.8 Å². The van der Waals surface area contributed by atoms with Crippen molar-refractivity contribution in [3.63, 3.8) is 0 Å². The van der Waals surface area contributed by atoms with E-state index in [-0.39, 0.29) is 38.5 Å². The van der Waals surface area contributed by atoms with Crippen LogP contribution in [0.1, 0.15) is 77.3 Å². The monoisotopic (exact) mass is 677 g/mol. The van der Waals surface area contributed by atoms with E-state index >= 15 is 0 Å². The summed E-state index contributed by atoms with van der Waals surface area (Å²) in [6.45, 7) is 7.08. The molecule has 3 aliphatic rings. The van der Waals surface area contributed by atoms with E-state index < -0.39 is 64.6 Å². The number of carbonyl (C=O) groups excluding carboxylic acids is 5. The maximum Gasteiger partial charge on any atom is 0.408 e. The Bertz CT molecular complexity index is 1610. The second-order valence-corrected chi connectivity index (χ2v) is 14.2. The quantitative estimate of drug-likeness (QED) is 0.289. The Kier molecular flexibility index (Phi) is 10.7. The lowest BCUT2D eigenvalue weighted by Gasteiger charge is -2.35. The number of oxime groups is 1. The molecule has 3 N–H and O–H groups in total. The van der Waals surface area contributed by atoms with Crippen LogP contribution < -0.4 is 16.0 Å². The molecule has 1 aliphatic carbocycles. The third-order valence-corrected chi connectivity index (χ3v) is 8.92. The molecule has 13 heteroatoms. The summed E-state index contributed by atoms with van der Waals surface area (Å²) in [5, 5.41) is 12.3. The van der Waals surface area contributed by atoms with Crippen LogP contribution in [-0.4, -0.2) is 76.5 Å². The average Bonchev–Trinajstić information content (AvgIpc) is 3.66. The topological polar surface area (TPSA) is 156 Å². The van der Waals surface area contributed by atoms with E-state index in [2.05, 4.69) is 21.1 Å². The number of hydrogen-bond donors (Lipinski definition) is 3. The molecule has 0 radical (unpaired) electrons. The lowest BCUT2D eigenvalue weighted by molar-refractivity contribution is -0.144. The number of nitrogens with one attached hydrogen (secondary N) is 3. The van der Waals surface area contributed by atoms with Gasteiger partial charge in [0.15, 0.2) is 5.60 Å². The Morgan fingerprint density at radius 3 is 2.45 bits per heavy atom. The van der Waals surface area contributed by atoms with Gasteiger partial charge in [-0.25, -0.2) is 9.18 Å². The number of amides is 4. The number of likely N-dealkylation sites (tertiary alicyclic amines) is 1. The number of carbonyl (C=O) groups is 5. The van der Waals surface area contributed by atoms with Crippen LogP contribution in [0.3, 0.4) is 0 Å². The first-order valence-electron chi connectivity index (χ1n) is 16.7. The molecule has 2 fully saturated rings. The number of benzene rings is 2. The number of halogens is 1. The van der Waals surface area contributed by atoms with Crippen molar-refractivity contribution in [2.75, 3.05) is 6.54 Å². The molecule has 1 spiro atoms. The van der Waals surface area contributed by atoms with Crippen molar-refractivity contribution in [1.29, 1.82) is 0 Å². The normalized spacial score (nSPS) is 21.3. The highest BCUT2D eigenvalue weighted by molar-refractivity contribution is 6.38. The zero-order valence-corrected chi connectivity index (χ0v) is 28.3. The molecule has 1 saturated carbocycles. The number of Topliss-reactive ketones (excluding diaryl/α,β-unsaturated/α-hetero) is 1. The summed E-state index contributed by atoms with van der Waals surface area (Å²) in [5.41, 5.74) is -0.222. The zero-order chi connectivity index (χ0) is 35.3. The van der Waals surface area contributed by atoms with Gasteiger partial charge in [0.05, 0.1) is 18.3 Å². The average molecular weight is 678 g/mol. The number of ketones is 1.